The number of phenolic OH excluding ortho intramolecular Hbond substituents is 1. The van der Waals surface area contributed by atoms with Crippen molar-refractivity contribution in [1.29, 1.82) is 0 Å². The van der Waals surface area contributed by atoms with Gasteiger partial charge in [0.25, 0.3) is 0 Å². The Bertz CT molecular complexity index is 1460. The van der Waals surface area contributed by atoms with Crippen LogP contribution < -0.4 is 0 Å². The van der Waals surface area contributed by atoms with Crippen LogP contribution in [-0.2, 0) is 19.2 Å². The van der Waals surface area contributed by atoms with E-state index < -0.39 is 17.8 Å². The van der Waals surface area contributed by atoms with Crippen molar-refractivity contribution < 1.29 is 24.3 Å². The van der Waals surface area contributed by atoms with Crippen LogP contribution in [0.1, 0.15) is 38.2 Å². The van der Waals surface area contributed by atoms with Gasteiger partial charge in [0.1, 0.15) is 5.75 Å². The van der Waals surface area contributed by atoms with Gasteiger partial charge in [-0.25, -0.2) is 0 Å². The quantitative estimate of drug-likeness (QED) is 0.410. The highest BCUT2D eigenvalue weighted by molar-refractivity contribution is 6.24. The molecule has 1 aliphatic heterocycles. The van der Waals surface area contributed by atoms with Gasteiger partial charge < -0.3 is 5.11 Å². The molecule has 6 rings (SSSR count). The summed E-state index contributed by atoms with van der Waals surface area (Å²) < 4.78 is 0. The third kappa shape index (κ3) is 2.89. The molecule has 1 fully saturated rings. The average Bonchev–Trinajstić information content (AvgIpc) is 3.11. The Morgan fingerprint density at radius 3 is 2.46 bits per heavy atom. The first-order valence-corrected chi connectivity index (χ1v) is 12.1. The molecular formula is C29H25NO5. The minimum absolute atomic E-state index is 0.139. The summed E-state index contributed by atoms with van der Waals surface area (Å²) in [7, 11) is 0. The normalized spacial score (nSPS) is 28.1. The van der Waals surface area contributed by atoms with E-state index in [-0.39, 0.29) is 41.5 Å². The van der Waals surface area contributed by atoms with E-state index in [1.165, 1.54) is 11.0 Å². The Morgan fingerprint density at radius 1 is 0.971 bits per heavy atom. The summed E-state index contributed by atoms with van der Waals surface area (Å²) in [6.07, 6.45) is 4.15. The van der Waals surface area contributed by atoms with Gasteiger partial charge >= 0.3 is 0 Å². The molecule has 2 amide bonds. The number of allylic oxidation sites excluding steroid dienone is 6. The first kappa shape index (κ1) is 21.7. The standard InChI is InChI=1S/C29H25NO5/c1-3-30-28(34)19-9-8-18-20(25(19)29(30)35)13-21-26(23(32)12-14(2)27(21)33)24(18)17-10-11-22(31)16-7-5-4-6-15(16)17/h4-8,10-12,19-20,24-25,31H,3,9,13H2,1-2H3/t19-,20+,24-,25-/m0/s1. The van der Waals surface area contributed by atoms with E-state index in [2.05, 4.69) is 0 Å². The lowest BCUT2D eigenvalue weighted by molar-refractivity contribution is -0.139. The van der Waals surface area contributed by atoms with E-state index in [0.29, 0.717) is 35.1 Å². The molecule has 0 spiro atoms. The maximum absolute atomic E-state index is 13.4. The van der Waals surface area contributed by atoms with E-state index in [0.717, 1.165) is 16.5 Å². The third-order valence-electron chi connectivity index (χ3n) is 8.22. The second kappa shape index (κ2) is 7.60. The summed E-state index contributed by atoms with van der Waals surface area (Å²) in [5.74, 6) is -2.36. The number of ketones is 2. The van der Waals surface area contributed by atoms with Crippen molar-refractivity contribution in [3.05, 3.63) is 76.4 Å². The number of amides is 2. The summed E-state index contributed by atoms with van der Waals surface area (Å²) in [5.41, 5.74) is 3.05. The van der Waals surface area contributed by atoms with E-state index in [4.69, 9.17) is 0 Å². The fourth-order valence-corrected chi connectivity index (χ4v) is 6.67. The smallest absolute Gasteiger partial charge is 0.233 e. The Hall–Kier alpha value is -3.80. The highest BCUT2D eigenvalue weighted by Crippen LogP contribution is 2.56. The molecule has 4 atom stereocenters. The number of carbonyl (C=O) groups excluding carboxylic acids is 4. The Balaban J connectivity index is 1.61. The largest absolute Gasteiger partial charge is 0.507 e. The number of benzene rings is 2. The molecule has 0 radical (unpaired) electrons. The van der Waals surface area contributed by atoms with Crippen molar-refractivity contribution in [2.24, 2.45) is 17.8 Å². The number of rotatable bonds is 2. The topological polar surface area (TPSA) is 91.8 Å². The van der Waals surface area contributed by atoms with Gasteiger partial charge in [-0.05, 0) is 55.7 Å². The van der Waals surface area contributed by atoms with Gasteiger partial charge in [0.15, 0.2) is 11.6 Å². The van der Waals surface area contributed by atoms with E-state index in [9.17, 15) is 24.3 Å². The molecule has 2 aromatic rings. The van der Waals surface area contributed by atoms with Crippen LogP contribution in [0.3, 0.4) is 0 Å². The molecule has 1 saturated heterocycles. The first-order valence-electron chi connectivity index (χ1n) is 12.1. The number of hydrogen-bond acceptors (Lipinski definition) is 5. The van der Waals surface area contributed by atoms with Crippen LogP contribution in [0.15, 0.2) is 70.8 Å². The number of carbonyl (C=O) groups is 4. The molecule has 2 aromatic carbocycles. The summed E-state index contributed by atoms with van der Waals surface area (Å²) in [5, 5.41) is 11.9. The molecule has 35 heavy (non-hydrogen) atoms. The molecule has 6 nitrogen and oxygen atoms in total. The summed E-state index contributed by atoms with van der Waals surface area (Å²) in [4.78, 5) is 54.4. The summed E-state index contributed by atoms with van der Waals surface area (Å²) >= 11 is 0. The van der Waals surface area contributed by atoms with Crippen molar-refractivity contribution >= 4 is 34.2 Å². The second-order valence-corrected chi connectivity index (χ2v) is 9.87. The number of imide groups is 1. The lowest BCUT2D eigenvalue weighted by atomic mass is 9.59. The van der Waals surface area contributed by atoms with Gasteiger partial charge in [-0.1, -0.05) is 42.0 Å². The Morgan fingerprint density at radius 2 is 1.71 bits per heavy atom. The lowest BCUT2D eigenvalue weighted by Crippen LogP contribution is -2.39. The fourth-order valence-electron chi connectivity index (χ4n) is 6.67. The maximum Gasteiger partial charge on any atom is 0.233 e. The molecule has 176 valence electrons. The zero-order valence-electron chi connectivity index (χ0n) is 19.6. The van der Waals surface area contributed by atoms with Crippen molar-refractivity contribution in [3.8, 4) is 5.75 Å². The zero-order chi connectivity index (χ0) is 24.6. The molecule has 3 aliphatic carbocycles. The van der Waals surface area contributed by atoms with Crippen molar-refractivity contribution in [1.82, 2.24) is 4.90 Å². The summed E-state index contributed by atoms with van der Waals surface area (Å²) in [6.45, 7) is 3.77. The van der Waals surface area contributed by atoms with E-state index in [1.807, 2.05) is 36.4 Å². The van der Waals surface area contributed by atoms with Crippen LogP contribution in [0.5, 0.6) is 5.75 Å². The maximum atomic E-state index is 13.4. The average molecular weight is 468 g/mol. The van der Waals surface area contributed by atoms with E-state index in [1.54, 1.807) is 19.9 Å². The van der Waals surface area contributed by atoms with Crippen LogP contribution in [0.2, 0.25) is 0 Å². The van der Waals surface area contributed by atoms with Gasteiger partial charge in [-0.2, -0.15) is 0 Å². The van der Waals surface area contributed by atoms with Crippen LogP contribution in [-0.4, -0.2) is 39.9 Å². The van der Waals surface area contributed by atoms with Gasteiger partial charge in [-0.3, -0.25) is 24.1 Å². The molecule has 1 N–H and O–H groups in total. The van der Waals surface area contributed by atoms with Gasteiger partial charge in [0.05, 0.1) is 11.8 Å². The molecule has 0 aromatic heterocycles. The van der Waals surface area contributed by atoms with Crippen LogP contribution in [0.25, 0.3) is 10.8 Å². The predicted molar refractivity (Wildman–Crippen MR) is 129 cm³/mol. The fraction of sp³-hybridized carbons (Fsp3) is 0.310. The van der Waals surface area contributed by atoms with Gasteiger partial charge in [0, 0.05) is 34.6 Å². The molecular weight excluding hydrogens is 442 g/mol. The number of likely N-dealkylation sites (tertiary alicyclic amines) is 1. The first-order chi connectivity index (χ1) is 16.8. The molecule has 4 aliphatic rings. The third-order valence-corrected chi connectivity index (χ3v) is 8.22. The van der Waals surface area contributed by atoms with E-state index >= 15 is 0 Å². The predicted octanol–water partition coefficient (Wildman–Crippen LogP) is 3.99. The van der Waals surface area contributed by atoms with Crippen LogP contribution >= 0.6 is 0 Å². The van der Waals surface area contributed by atoms with Crippen molar-refractivity contribution in [3.63, 3.8) is 0 Å². The molecule has 6 heteroatoms. The van der Waals surface area contributed by atoms with Crippen molar-refractivity contribution in [2.45, 2.75) is 32.6 Å². The Labute approximate surface area is 202 Å². The Kier molecular flexibility index (Phi) is 4.72. The number of Topliss-reactive ketones (excluding diaryl/α,β-unsaturated/α-hetero) is 1. The monoisotopic (exact) mass is 467 g/mol. The minimum Gasteiger partial charge on any atom is -0.507 e. The van der Waals surface area contributed by atoms with Gasteiger partial charge in [-0.15, -0.1) is 0 Å². The van der Waals surface area contributed by atoms with Crippen molar-refractivity contribution in [2.75, 3.05) is 6.54 Å². The second-order valence-electron chi connectivity index (χ2n) is 9.87. The highest BCUT2D eigenvalue weighted by atomic mass is 16.3. The van der Waals surface area contributed by atoms with Gasteiger partial charge in [0.2, 0.25) is 11.8 Å². The number of hydrogen-bond donors (Lipinski definition) is 1. The number of fused-ring (bicyclic) bond motifs is 4. The molecule has 0 bridgehead atoms. The highest BCUT2D eigenvalue weighted by Gasteiger charge is 2.56. The van der Waals surface area contributed by atoms with Crippen LogP contribution in [0, 0.1) is 17.8 Å². The zero-order valence-corrected chi connectivity index (χ0v) is 19.6. The van der Waals surface area contributed by atoms with Crippen LogP contribution in [0.4, 0.5) is 0 Å². The number of phenols is 1. The lowest BCUT2D eigenvalue weighted by Gasteiger charge is -2.42. The number of nitrogens with zero attached hydrogens (tertiary/aromatic N) is 1. The molecule has 0 unspecified atom stereocenters. The minimum atomic E-state index is -0.531. The molecule has 1 heterocycles. The number of aromatic hydroxyl groups is 1. The summed E-state index contributed by atoms with van der Waals surface area (Å²) in [6, 6.07) is 10.9. The molecule has 0 saturated carbocycles. The SMILES string of the molecule is CCN1C(=O)[C@H]2[C@H](CC=C3[C@H](c4ccc(O)c5ccccc45)C4=C(C[C@H]32)C(=O)C(C)=CC4=O)C1=O.